The van der Waals surface area contributed by atoms with Gasteiger partial charge in [-0.2, -0.15) is 4.98 Å². The minimum atomic E-state index is -0.0476. The van der Waals surface area contributed by atoms with Crippen molar-refractivity contribution < 1.29 is 4.79 Å². The molecule has 0 unspecified atom stereocenters. The van der Waals surface area contributed by atoms with Crippen molar-refractivity contribution in [2.45, 2.75) is 38.1 Å². The topological polar surface area (TPSA) is 82.2 Å². The highest BCUT2D eigenvalue weighted by Crippen LogP contribution is 2.29. The molecular formula is C24H28N6OS. The number of anilines is 4. The normalized spacial score (nSPS) is 13.7. The summed E-state index contributed by atoms with van der Waals surface area (Å²) in [5, 5.41) is 9.52. The predicted molar refractivity (Wildman–Crippen MR) is 130 cm³/mol. The van der Waals surface area contributed by atoms with Gasteiger partial charge in [-0.05, 0) is 67.6 Å². The molecule has 0 radical (unpaired) electrons. The van der Waals surface area contributed by atoms with E-state index in [1.165, 1.54) is 24.7 Å². The number of benzene rings is 2. The molecule has 0 bridgehead atoms. The quantitative estimate of drug-likeness (QED) is 0.418. The number of aromatic nitrogens is 2. The van der Waals surface area contributed by atoms with E-state index in [0.29, 0.717) is 12.5 Å². The van der Waals surface area contributed by atoms with Gasteiger partial charge in [-0.15, -0.1) is 0 Å². The molecule has 0 atom stereocenters. The van der Waals surface area contributed by atoms with Crippen LogP contribution in [-0.2, 0) is 11.3 Å². The summed E-state index contributed by atoms with van der Waals surface area (Å²) in [7, 11) is 0. The van der Waals surface area contributed by atoms with Gasteiger partial charge in [-0.1, -0.05) is 18.2 Å². The molecule has 32 heavy (non-hydrogen) atoms. The van der Waals surface area contributed by atoms with Crippen LogP contribution in [0.5, 0.6) is 0 Å². The average molecular weight is 449 g/mol. The van der Waals surface area contributed by atoms with Crippen molar-refractivity contribution >= 4 is 41.0 Å². The smallest absolute Gasteiger partial charge is 0.229 e. The Kier molecular flexibility index (Phi) is 7.24. The number of aryl methyl sites for hydroxylation is 1. The van der Waals surface area contributed by atoms with Gasteiger partial charge >= 0.3 is 0 Å². The van der Waals surface area contributed by atoms with Gasteiger partial charge in [0.25, 0.3) is 0 Å². The summed E-state index contributed by atoms with van der Waals surface area (Å²) in [6, 6.07) is 16.3. The molecule has 1 amide bonds. The molecule has 0 saturated carbocycles. The number of hydrogen-bond acceptors (Lipinski definition) is 7. The number of nitrogens with zero attached hydrogens (tertiary/aromatic N) is 3. The number of carbonyl (C=O) groups is 1. The van der Waals surface area contributed by atoms with Crippen molar-refractivity contribution in [1.29, 1.82) is 0 Å². The molecule has 1 saturated heterocycles. The Labute approximate surface area is 193 Å². The summed E-state index contributed by atoms with van der Waals surface area (Å²) in [4.78, 5) is 21.5. The molecule has 1 fully saturated rings. The number of nitrogens with one attached hydrogen (secondary N) is 3. The molecule has 2 heterocycles. The monoisotopic (exact) mass is 448 g/mol. The van der Waals surface area contributed by atoms with Crippen LogP contribution < -0.4 is 16.0 Å². The fraction of sp³-hybridized carbons (Fsp3) is 0.292. The maximum atomic E-state index is 11.2. The van der Waals surface area contributed by atoms with Crippen molar-refractivity contribution in [2.75, 3.05) is 23.7 Å². The third kappa shape index (κ3) is 6.21. The summed E-state index contributed by atoms with van der Waals surface area (Å²) < 4.78 is 2.41. The lowest BCUT2D eigenvalue weighted by atomic mass is 10.2. The fourth-order valence-electron chi connectivity index (χ4n) is 3.44. The van der Waals surface area contributed by atoms with Gasteiger partial charge < -0.3 is 16.0 Å². The molecule has 3 aromatic rings. The SMILES string of the molecule is CC(=O)NCc1cccc(Nc2nc(Nc3cccc(SN4CCCC4)c3)ncc2C)c1. The molecule has 4 rings (SSSR count). The Morgan fingerprint density at radius 1 is 1.06 bits per heavy atom. The van der Waals surface area contributed by atoms with Gasteiger partial charge in [0.15, 0.2) is 0 Å². The Morgan fingerprint density at radius 3 is 2.59 bits per heavy atom. The highest BCUT2D eigenvalue weighted by atomic mass is 32.2. The van der Waals surface area contributed by atoms with Gasteiger partial charge in [0.1, 0.15) is 5.82 Å². The average Bonchev–Trinajstić information content (AvgIpc) is 3.28. The molecule has 1 aliphatic rings. The number of carbonyl (C=O) groups excluding carboxylic acids is 1. The summed E-state index contributed by atoms with van der Waals surface area (Å²) in [6.07, 6.45) is 4.35. The van der Waals surface area contributed by atoms with Crippen molar-refractivity contribution in [3.63, 3.8) is 0 Å². The van der Waals surface area contributed by atoms with E-state index in [-0.39, 0.29) is 5.91 Å². The number of rotatable bonds is 8. The van der Waals surface area contributed by atoms with Gasteiger partial charge in [0.2, 0.25) is 11.9 Å². The largest absolute Gasteiger partial charge is 0.352 e. The lowest BCUT2D eigenvalue weighted by Gasteiger charge is -2.14. The first kappa shape index (κ1) is 22.1. The molecule has 1 aliphatic heterocycles. The fourth-order valence-corrected chi connectivity index (χ4v) is 4.50. The van der Waals surface area contributed by atoms with Crippen molar-refractivity contribution in [3.8, 4) is 0 Å². The molecule has 166 valence electrons. The second-order valence-corrected chi connectivity index (χ2v) is 9.01. The maximum Gasteiger partial charge on any atom is 0.229 e. The van der Waals surface area contributed by atoms with E-state index >= 15 is 0 Å². The lowest BCUT2D eigenvalue weighted by molar-refractivity contribution is -0.119. The van der Waals surface area contributed by atoms with Crippen molar-refractivity contribution in [2.24, 2.45) is 0 Å². The van der Waals surface area contributed by atoms with E-state index < -0.39 is 0 Å². The summed E-state index contributed by atoms with van der Waals surface area (Å²) in [5.74, 6) is 1.23. The van der Waals surface area contributed by atoms with Crippen LogP contribution in [0.3, 0.4) is 0 Å². The van der Waals surface area contributed by atoms with E-state index in [1.54, 1.807) is 11.9 Å². The highest BCUT2D eigenvalue weighted by Gasteiger charge is 2.13. The van der Waals surface area contributed by atoms with Crippen LogP contribution in [0.2, 0.25) is 0 Å². The summed E-state index contributed by atoms with van der Waals surface area (Å²) in [5.41, 5.74) is 3.83. The van der Waals surface area contributed by atoms with Gasteiger partial charge in [-0.25, -0.2) is 9.29 Å². The van der Waals surface area contributed by atoms with Crippen LogP contribution in [0.4, 0.5) is 23.1 Å². The van der Waals surface area contributed by atoms with Gasteiger partial charge in [-0.3, -0.25) is 4.79 Å². The zero-order valence-corrected chi connectivity index (χ0v) is 19.2. The summed E-state index contributed by atoms with van der Waals surface area (Å²) >= 11 is 1.80. The van der Waals surface area contributed by atoms with Crippen LogP contribution in [0, 0.1) is 6.92 Å². The Balaban J connectivity index is 1.45. The van der Waals surface area contributed by atoms with Crippen LogP contribution >= 0.6 is 11.9 Å². The van der Waals surface area contributed by atoms with Crippen LogP contribution in [0.1, 0.15) is 30.9 Å². The third-order valence-electron chi connectivity index (χ3n) is 5.09. The second kappa shape index (κ2) is 10.5. The molecule has 1 aromatic heterocycles. The molecule has 2 aromatic carbocycles. The molecular weight excluding hydrogens is 420 g/mol. The minimum absolute atomic E-state index is 0.0476. The molecule has 8 heteroatoms. The van der Waals surface area contributed by atoms with Crippen LogP contribution in [-0.4, -0.2) is 33.3 Å². The predicted octanol–water partition coefficient (Wildman–Crippen LogP) is 5.01. The molecule has 0 aliphatic carbocycles. The zero-order valence-electron chi connectivity index (χ0n) is 18.4. The first-order valence-corrected chi connectivity index (χ1v) is 11.6. The molecule has 7 nitrogen and oxygen atoms in total. The standard InChI is InChI=1S/C24H28N6OS/c1-17-15-26-24(28-21-9-6-10-22(14-21)32-30-11-3-4-12-30)29-23(17)27-20-8-5-7-19(13-20)16-25-18(2)31/h5-10,13-15H,3-4,11-12,16H2,1-2H3,(H,25,31)(H2,26,27,28,29). The first-order valence-electron chi connectivity index (χ1n) is 10.8. The number of amides is 1. The van der Waals surface area contributed by atoms with E-state index in [1.807, 2.05) is 43.5 Å². The summed E-state index contributed by atoms with van der Waals surface area (Å²) in [6.45, 7) is 6.27. The first-order chi connectivity index (χ1) is 15.5. The third-order valence-corrected chi connectivity index (χ3v) is 6.18. The zero-order chi connectivity index (χ0) is 22.3. The molecule has 3 N–H and O–H groups in total. The number of hydrogen-bond donors (Lipinski definition) is 3. The Bertz CT molecular complexity index is 1080. The highest BCUT2D eigenvalue weighted by molar-refractivity contribution is 7.97. The Morgan fingerprint density at radius 2 is 1.81 bits per heavy atom. The molecule has 0 spiro atoms. The van der Waals surface area contributed by atoms with E-state index in [4.69, 9.17) is 0 Å². The van der Waals surface area contributed by atoms with Crippen molar-refractivity contribution in [1.82, 2.24) is 19.6 Å². The van der Waals surface area contributed by atoms with E-state index in [0.717, 1.165) is 41.4 Å². The van der Waals surface area contributed by atoms with Crippen LogP contribution in [0.15, 0.2) is 59.6 Å². The Hall–Kier alpha value is -3.10. The van der Waals surface area contributed by atoms with E-state index in [2.05, 4.69) is 48.4 Å². The lowest BCUT2D eigenvalue weighted by Crippen LogP contribution is -2.18. The second-order valence-electron chi connectivity index (χ2n) is 7.84. The maximum absolute atomic E-state index is 11.2. The van der Waals surface area contributed by atoms with E-state index in [9.17, 15) is 4.79 Å². The minimum Gasteiger partial charge on any atom is -0.352 e. The van der Waals surface area contributed by atoms with Gasteiger partial charge in [0.05, 0.1) is 0 Å². The van der Waals surface area contributed by atoms with Crippen LogP contribution in [0.25, 0.3) is 0 Å². The van der Waals surface area contributed by atoms with Gasteiger partial charge in [0, 0.05) is 54.6 Å². The van der Waals surface area contributed by atoms with Crippen molar-refractivity contribution in [3.05, 3.63) is 65.9 Å².